The van der Waals surface area contributed by atoms with Crippen LogP contribution in [0.15, 0.2) is 30.3 Å². The van der Waals surface area contributed by atoms with Gasteiger partial charge in [-0.05, 0) is 23.7 Å². The Bertz CT molecular complexity index is 373. The summed E-state index contributed by atoms with van der Waals surface area (Å²) in [5.41, 5.74) is 1.34. The Morgan fingerprint density at radius 2 is 1.94 bits per heavy atom. The predicted molar refractivity (Wildman–Crippen MR) is 78.1 cm³/mol. The number of aliphatic carboxylic acids is 1. The largest absolute Gasteiger partial charge is 0.481 e. The van der Waals surface area contributed by atoms with Crippen LogP contribution in [0.25, 0.3) is 0 Å². The topological polar surface area (TPSA) is 37.3 Å². The van der Waals surface area contributed by atoms with Crippen LogP contribution in [0.1, 0.15) is 32.8 Å². The van der Waals surface area contributed by atoms with Crippen LogP contribution >= 0.6 is 11.8 Å². The third-order valence-electron chi connectivity index (χ3n) is 3.38. The van der Waals surface area contributed by atoms with Crippen LogP contribution < -0.4 is 0 Å². The zero-order valence-electron chi connectivity index (χ0n) is 11.3. The van der Waals surface area contributed by atoms with Crippen LogP contribution in [0.3, 0.4) is 0 Å². The van der Waals surface area contributed by atoms with Crippen molar-refractivity contribution in [1.29, 1.82) is 0 Å². The number of aryl methyl sites for hydroxylation is 1. The quantitative estimate of drug-likeness (QED) is 0.814. The number of carboxylic acid groups (broad SMARTS) is 1. The van der Waals surface area contributed by atoms with Gasteiger partial charge in [0.15, 0.2) is 0 Å². The van der Waals surface area contributed by atoms with E-state index < -0.39 is 5.97 Å². The summed E-state index contributed by atoms with van der Waals surface area (Å²) in [5.74, 6) is 0.496. The molecular formula is C15H22O2S. The molecule has 0 aromatic heterocycles. The fourth-order valence-electron chi connectivity index (χ4n) is 1.73. The molecule has 0 fully saturated rings. The molecule has 0 bridgehead atoms. The lowest BCUT2D eigenvalue weighted by molar-refractivity contribution is -0.138. The summed E-state index contributed by atoms with van der Waals surface area (Å²) in [4.78, 5) is 10.7. The third kappa shape index (κ3) is 5.13. The number of carbonyl (C=O) groups is 1. The van der Waals surface area contributed by atoms with E-state index in [-0.39, 0.29) is 17.1 Å². The lowest BCUT2D eigenvalue weighted by atomic mass is 9.94. The van der Waals surface area contributed by atoms with Crippen LogP contribution in [-0.2, 0) is 11.2 Å². The summed E-state index contributed by atoms with van der Waals surface area (Å²) in [6.45, 7) is 6.29. The van der Waals surface area contributed by atoms with Crippen molar-refractivity contribution in [2.75, 3.05) is 5.75 Å². The van der Waals surface area contributed by atoms with Gasteiger partial charge >= 0.3 is 5.97 Å². The van der Waals surface area contributed by atoms with E-state index in [0.717, 1.165) is 12.2 Å². The summed E-state index contributed by atoms with van der Waals surface area (Å²) >= 11 is 1.86. The molecule has 0 saturated heterocycles. The van der Waals surface area contributed by atoms with E-state index in [2.05, 4.69) is 38.1 Å². The van der Waals surface area contributed by atoms with Gasteiger partial charge < -0.3 is 5.11 Å². The summed E-state index contributed by atoms with van der Waals surface area (Å²) < 4.78 is 0.00711. The molecule has 2 nitrogen and oxygen atoms in total. The van der Waals surface area contributed by atoms with Gasteiger partial charge in [-0.2, -0.15) is 11.8 Å². The zero-order valence-corrected chi connectivity index (χ0v) is 12.2. The molecule has 1 aromatic rings. The second-order valence-electron chi connectivity index (χ2n) is 5.19. The fourth-order valence-corrected chi connectivity index (χ4v) is 2.96. The number of thioether (sulfide) groups is 1. The van der Waals surface area contributed by atoms with Crippen molar-refractivity contribution in [3.63, 3.8) is 0 Å². The number of hydrogen-bond acceptors (Lipinski definition) is 2. The van der Waals surface area contributed by atoms with Crippen molar-refractivity contribution in [2.45, 2.75) is 38.4 Å². The highest BCUT2D eigenvalue weighted by Gasteiger charge is 2.27. The molecule has 1 atom stereocenters. The maximum absolute atomic E-state index is 10.7. The van der Waals surface area contributed by atoms with Gasteiger partial charge in [0.05, 0.1) is 0 Å². The van der Waals surface area contributed by atoms with Crippen LogP contribution in [0, 0.1) is 5.92 Å². The molecule has 1 aromatic carbocycles. The van der Waals surface area contributed by atoms with Crippen molar-refractivity contribution in [3.05, 3.63) is 35.9 Å². The van der Waals surface area contributed by atoms with Gasteiger partial charge in [-0.1, -0.05) is 51.1 Å². The average molecular weight is 266 g/mol. The van der Waals surface area contributed by atoms with E-state index in [9.17, 15) is 4.79 Å². The minimum absolute atomic E-state index is 0.00711. The summed E-state index contributed by atoms with van der Waals surface area (Å²) in [6.07, 6.45) is 1.28. The van der Waals surface area contributed by atoms with Gasteiger partial charge in [-0.15, -0.1) is 0 Å². The van der Waals surface area contributed by atoms with Crippen LogP contribution in [0.5, 0.6) is 0 Å². The first-order chi connectivity index (χ1) is 8.42. The van der Waals surface area contributed by atoms with Gasteiger partial charge in [-0.3, -0.25) is 4.79 Å². The number of hydrogen-bond donors (Lipinski definition) is 1. The highest BCUT2D eigenvalue weighted by Crippen LogP contribution is 2.34. The Kier molecular flexibility index (Phi) is 5.73. The lowest BCUT2D eigenvalue weighted by Crippen LogP contribution is -2.28. The van der Waals surface area contributed by atoms with Crippen LogP contribution in [0.4, 0.5) is 0 Å². The van der Waals surface area contributed by atoms with E-state index in [4.69, 9.17) is 5.11 Å². The monoisotopic (exact) mass is 266 g/mol. The van der Waals surface area contributed by atoms with Crippen molar-refractivity contribution >= 4 is 17.7 Å². The first kappa shape index (κ1) is 15.1. The number of carboxylic acids is 1. The Labute approximate surface area is 114 Å². The van der Waals surface area contributed by atoms with E-state index in [1.54, 1.807) is 0 Å². The van der Waals surface area contributed by atoms with Gasteiger partial charge in [0, 0.05) is 11.2 Å². The molecule has 1 N–H and O–H groups in total. The SMILES string of the molecule is CC(CC(=O)O)C(C)(C)SCCc1ccccc1. The highest BCUT2D eigenvalue weighted by atomic mass is 32.2. The van der Waals surface area contributed by atoms with Crippen molar-refractivity contribution < 1.29 is 9.90 Å². The molecule has 0 saturated carbocycles. The molecule has 1 unspecified atom stereocenters. The minimum atomic E-state index is -0.709. The molecule has 0 spiro atoms. The standard InChI is InChI=1S/C15H22O2S/c1-12(11-14(16)17)15(2,3)18-10-9-13-7-5-4-6-8-13/h4-8,12H,9-11H2,1-3H3,(H,16,17). The smallest absolute Gasteiger partial charge is 0.303 e. The Balaban J connectivity index is 2.39. The summed E-state index contributed by atoms with van der Waals surface area (Å²) in [6, 6.07) is 10.4. The fraction of sp³-hybridized carbons (Fsp3) is 0.533. The van der Waals surface area contributed by atoms with Gasteiger partial charge in [0.2, 0.25) is 0 Å². The third-order valence-corrected chi connectivity index (χ3v) is 4.93. The lowest BCUT2D eigenvalue weighted by Gasteiger charge is -2.30. The molecule has 3 heteroatoms. The van der Waals surface area contributed by atoms with Crippen LogP contribution in [0.2, 0.25) is 0 Å². The van der Waals surface area contributed by atoms with Crippen molar-refractivity contribution in [3.8, 4) is 0 Å². The maximum Gasteiger partial charge on any atom is 0.303 e. The molecule has 18 heavy (non-hydrogen) atoms. The first-order valence-electron chi connectivity index (χ1n) is 6.31. The van der Waals surface area contributed by atoms with Crippen molar-refractivity contribution in [2.24, 2.45) is 5.92 Å². The van der Waals surface area contributed by atoms with Gasteiger partial charge in [0.1, 0.15) is 0 Å². The molecular weight excluding hydrogens is 244 g/mol. The van der Waals surface area contributed by atoms with Crippen LogP contribution in [-0.4, -0.2) is 21.6 Å². The number of benzene rings is 1. The molecule has 0 amide bonds. The van der Waals surface area contributed by atoms with E-state index in [0.29, 0.717) is 0 Å². The van der Waals surface area contributed by atoms with E-state index in [1.807, 2.05) is 24.8 Å². The molecule has 0 aliphatic heterocycles. The average Bonchev–Trinajstić information content (AvgIpc) is 2.29. The van der Waals surface area contributed by atoms with Crippen molar-refractivity contribution in [1.82, 2.24) is 0 Å². The summed E-state index contributed by atoms with van der Waals surface area (Å²) in [7, 11) is 0. The zero-order chi connectivity index (χ0) is 13.6. The molecule has 1 rings (SSSR count). The maximum atomic E-state index is 10.7. The first-order valence-corrected chi connectivity index (χ1v) is 7.30. The van der Waals surface area contributed by atoms with E-state index >= 15 is 0 Å². The molecule has 0 heterocycles. The minimum Gasteiger partial charge on any atom is -0.481 e. The Morgan fingerprint density at radius 3 is 2.50 bits per heavy atom. The number of rotatable bonds is 7. The van der Waals surface area contributed by atoms with Gasteiger partial charge in [0.25, 0.3) is 0 Å². The summed E-state index contributed by atoms with van der Waals surface area (Å²) in [5, 5.41) is 8.84. The van der Waals surface area contributed by atoms with E-state index in [1.165, 1.54) is 5.56 Å². The Hall–Kier alpha value is -0.960. The molecule has 0 aliphatic rings. The molecule has 0 aliphatic carbocycles. The second kappa shape index (κ2) is 6.83. The van der Waals surface area contributed by atoms with Gasteiger partial charge in [-0.25, -0.2) is 0 Å². The highest BCUT2D eigenvalue weighted by molar-refractivity contribution is 8.00. The normalized spacial score (nSPS) is 13.3. The molecule has 100 valence electrons. The predicted octanol–water partition coefficient (Wildman–Crippen LogP) is 3.85. The second-order valence-corrected chi connectivity index (χ2v) is 6.94. The Morgan fingerprint density at radius 1 is 1.33 bits per heavy atom. The molecule has 0 radical (unpaired) electrons.